The molecule has 3 aromatic rings. The molecule has 0 saturated carbocycles. The minimum absolute atomic E-state index is 0.137. The van der Waals surface area contributed by atoms with Crippen molar-refractivity contribution in [3.63, 3.8) is 0 Å². The molecule has 214 valence electrons. The number of thioether (sulfide) groups is 1. The highest BCUT2D eigenvalue weighted by Crippen LogP contribution is 2.38. The summed E-state index contributed by atoms with van der Waals surface area (Å²) < 4.78 is 12.2. The Morgan fingerprint density at radius 3 is 2.60 bits per heavy atom. The zero-order valence-electron chi connectivity index (χ0n) is 23.2. The summed E-state index contributed by atoms with van der Waals surface area (Å²) in [6.45, 7) is 4.05. The molecule has 0 aliphatic heterocycles. The normalized spacial score (nSPS) is 13.6. The number of methoxy groups -OCH3 is 1. The molecule has 4 rings (SSSR count). The maximum Gasteiger partial charge on any atom is 0.341 e. The lowest BCUT2D eigenvalue weighted by Gasteiger charge is -2.12. The van der Waals surface area contributed by atoms with Crippen molar-refractivity contribution in [3.05, 3.63) is 51.7 Å². The van der Waals surface area contributed by atoms with Crippen LogP contribution >= 0.6 is 23.1 Å². The average molecular weight is 586 g/mol. The van der Waals surface area contributed by atoms with E-state index in [9.17, 15) is 14.4 Å². The number of carbonyl (C=O) groups excluding carboxylic acids is 3. The molecule has 2 N–H and O–H groups in total. The standard InChI is InChI=1S/C28H35N5O5S2/c1-5-38-27(36)24-20-9-7-6-8-10-21(20)40-26(24)30-25(35)17(2)39-28-32-31-22(33(28)3)16-29-23(34)15-18-11-13-19(37-4)14-12-18/h11-14,17H,5-10,15-16H2,1-4H3,(H,29,34)(H,30,35). The quantitative estimate of drug-likeness (QED) is 0.194. The van der Waals surface area contributed by atoms with E-state index in [1.165, 1.54) is 23.1 Å². The number of ether oxygens (including phenoxy) is 2. The van der Waals surface area contributed by atoms with E-state index in [-0.39, 0.29) is 37.4 Å². The zero-order valence-corrected chi connectivity index (χ0v) is 24.9. The number of carbonyl (C=O) groups is 3. The van der Waals surface area contributed by atoms with Crippen LogP contribution in [0.15, 0.2) is 29.4 Å². The predicted octanol–water partition coefficient (Wildman–Crippen LogP) is 4.31. The minimum atomic E-state index is -0.502. The Morgan fingerprint density at radius 1 is 1.12 bits per heavy atom. The molecule has 1 atom stereocenters. The summed E-state index contributed by atoms with van der Waals surface area (Å²) >= 11 is 2.74. The molecule has 10 nitrogen and oxygen atoms in total. The molecule has 2 amide bonds. The molecule has 1 aliphatic carbocycles. The van der Waals surface area contributed by atoms with Gasteiger partial charge in [0.2, 0.25) is 11.8 Å². The Balaban J connectivity index is 1.36. The summed E-state index contributed by atoms with van der Waals surface area (Å²) in [5, 5.41) is 14.9. The first-order valence-electron chi connectivity index (χ1n) is 13.4. The number of nitrogens with one attached hydrogen (secondary N) is 2. The number of hydrogen-bond donors (Lipinski definition) is 2. The number of amides is 2. The highest BCUT2D eigenvalue weighted by atomic mass is 32.2. The van der Waals surface area contributed by atoms with Crippen molar-refractivity contribution >= 4 is 45.9 Å². The molecule has 0 radical (unpaired) electrons. The van der Waals surface area contributed by atoms with Gasteiger partial charge in [0.25, 0.3) is 0 Å². The van der Waals surface area contributed by atoms with Gasteiger partial charge in [-0.05, 0) is 62.8 Å². The molecule has 12 heteroatoms. The van der Waals surface area contributed by atoms with Gasteiger partial charge in [-0.15, -0.1) is 21.5 Å². The third kappa shape index (κ3) is 7.22. The summed E-state index contributed by atoms with van der Waals surface area (Å²) in [5.74, 6) is 0.556. The lowest BCUT2D eigenvalue weighted by molar-refractivity contribution is -0.120. The van der Waals surface area contributed by atoms with Crippen molar-refractivity contribution in [2.45, 2.75) is 69.3 Å². The van der Waals surface area contributed by atoms with Gasteiger partial charge in [-0.3, -0.25) is 9.59 Å². The molecular weight excluding hydrogens is 550 g/mol. The van der Waals surface area contributed by atoms with Crippen LogP contribution < -0.4 is 15.4 Å². The van der Waals surface area contributed by atoms with Gasteiger partial charge in [-0.1, -0.05) is 30.3 Å². The smallest absolute Gasteiger partial charge is 0.341 e. The highest BCUT2D eigenvalue weighted by Gasteiger charge is 2.28. The number of anilines is 1. The highest BCUT2D eigenvalue weighted by molar-refractivity contribution is 8.00. The number of fused-ring (bicyclic) bond motifs is 1. The zero-order chi connectivity index (χ0) is 28.6. The summed E-state index contributed by atoms with van der Waals surface area (Å²) in [4.78, 5) is 39.6. The summed E-state index contributed by atoms with van der Waals surface area (Å²) in [6.07, 6.45) is 5.19. The molecule has 0 saturated heterocycles. The van der Waals surface area contributed by atoms with Crippen LogP contribution in [0.4, 0.5) is 5.00 Å². The van der Waals surface area contributed by atoms with Crippen molar-refractivity contribution < 1.29 is 23.9 Å². The third-order valence-electron chi connectivity index (χ3n) is 6.68. The fourth-order valence-corrected chi connectivity index (χ4v) is 6.56. The van der Waals surface area contributed by atoms with Gasteiger partial charge in [0.15, 0.2) is 11.0 Å². The molecule has 2 heterocycles. The van der Waals surface area contributed by atoms with E-state index in [1.807, 2.05) is 24.3 Å². The van der Waals surface area contributed by atoms with Crippen LogP contribution in [-0.2, 0) is 47.2 Å². The van der Waals surface area contributed by atoms with E-state index in [4.69, 9.17) is 9.47 Å². The van der Waals surface area contributed by atoms with Crippen LogP contribution in [0.1, 0.15) is 65.3 Å². The molecule has 2 aromatic heterocycles. The fraction of sp³-hybridized carbons (Fsp3) is 0.464. The van der Waals surface area contributed by atoms with Crippen molar-refractivity contribution in [1.29, 1.82) is 0 Å². The van der Waals surface area contributed by atoms with Crippen LogP contribution in [0.2, 0.25) is 0 Å². The topological polar surface area (TPSA) is 124 Å². The average Bonchev–Trinajstić information content (AvgIpc) is 3.36. The van der Waals surface area contributed by atoms with E-state index in [2.05, 4.69) is 20.8 Å². The molecule has 1 aliphatic rings. The molecular formula is C28H35N5O5S2. The number of aryl methyl sites for hydroxylation is 1. The van der Waals surface area contributed by atoms with Gasteiger partial charge < -0.3 is 24.7 Å². The summed E-state index contributed by atoms with van der Waals surface area (Å²) in [5.41, 5.74) is 2.39. The second-order valence-corrected chi connectivity index (χ2v) is 11.9. The van der Waals surface area contributed by atoms with Gasteiger partial charge in [0.05, 0.1) is 37.5 Å². The largest absolute Gasteiger partial charge is 0.497 e. The number of esters is 1. The minimum Gasteiger partial charge on any atom is -0.497 e. The first-order chi connectivity index (χ1) is 19.3. The van der Waals surface area contributed by atoms with Gasteiger partial charge in [0.1, 0.15) is 10.8 Å². The SMILES string of the molecule is CCOC(=O)c1c(NC(=O)C(C)Sc2nnc(CNC(=O)Cc3ccc(OC)cc3)n2C)sc2c1CCCCC2. The third-order valence-corrected chi connectivity index (χ3v) is 9.02. The number of thiophene rings is 1. The number of rotatable bonds is 11. The Bertz CT molecular complexity index is 1350. The summed E-state index contributed by atoms with van der Waals surface area (Å²) in [7, 11) is 3.40. The van der Waals surface area contributed by atoms with Crippen molar-refractivity contribution in [3.8, 4) is 5.75 Å². The molecule has 0 bridgehead atoms. The first kappa shape index (κ1) is 29.6. The monoisotopic (exact) mass is 585 g/mol. The second-order valence-electron chi connectivity index (χ2n) is 9.50. The number of hydrogen-bond acceptors (Lipinski definition) is 9. The van der Waals surface area contributed by atoms with Gasteiger partial charge in [-0.2, -0.15) is 0 Å². The van der Waals surface area contributed by atoms with Crippen LogP contribution in [0.3, 0.4) is 0 Å². The number of nitrogens with zero attached hydrogens (tertiary/aromatic N) is 3. The van der Waals surface area contributed by atoms with Crippen LogP contribution in [0.25, 0.3) is 0 Å². The molecule has 1 unspecified atom stereocenters. The Labute approximate surface area is 242 Å². The van der Waals surface area contributed by atoms with Crippen LogP contribution in [0.5, 0.6) is 5.75 Å². The Hall–Kier alpha value is -3.38. The Kier molecular flexibility index (Phi) is 10.2. The predicted molar refractivity (Wildman–Crippen MR) is 155 cm³/mol. The molecule has 40 heavy (non-hydrogen) atoms. The fourth-order valence-electron chi connectivity index (χ4n) is 4.45. The van der Waals surface area contributed by atoms with E-state index in [1.54, 1.807) is 32.6 Å². The molecule has 0 spiro atoms. The van der Waals surface area contributed by atoms with Gasteiger partial charge in [-0.25, -0.2) is 4.79 Å². The second kappa shape index (κ2) is 13.8. The van der Waals surface area contributed by atoms with Crippen molar-refractivity contribution in [2.24, 2.45) is 7.05 Å². The van der Waals surface area contributed by atoms with Crippen molar-refractivity contribution in [2.75, 3.05) is 19.0 Å². The van der Waals surface area contributed by atoms with Gasteiger partial charge >= 0.3 is 5.97 Å². The number of benzene rings is 1. The maximum absolute atomic E-state index is 13.2. The lowest BCUT2D eigenvalue weighted by Crippen LogP contribution is -2.26. The van der Waals surface area contributed by atoms with E-state index >= 15 is 0 Å². The van der Waals surface area contributed by atoms with E-state index in [0.717, 1.165) is 53.9 Å². The van der Waals surface area contributed by atoms with Gasteiger partial charge in [0, 0.05) is 11.9 Å². The first-order valence-corrected chi connectivity index (χ1v) is 15.1. The van der Waals surface area contributed by atoms with Crippen LogP contribution in [0, 0.1) is 0 Å². The molecule has 0 fully saturated rings. The molecule has 1 aromatic carbocycles. The van der Waals surface area contributed by atoms with Crippen LogP contribution in [-0.4, -0.2) is 51.5 Å². The van der Waals surface area contributed by atoms with E-state index in [0.29, 0.717) is 21.5 Å². The number of aromatic nitrogens is 3. The van der Waals surface area contributed by atoms with E-state index < -0.39 is 5.25 Å². The lowest BCUT2D eigenvalue weighted by atomic mass is 10.1. The summed E-state index contributed by atoms with van der Waals surface area (Å²) in [6, 6.07) is 7.34. The van der Waals surface area contributed by atoms with Crippen molar-refractivity contribution in [1.82, 2.24) is 20.1 Å². The Morgan fingerprint density at radius 2 is 1.88 bits per heavy atom. The maximum atomic E-state index is 13.2.